The molecule has 7 nitrogen and oxygen atoms in total. The molecule has 0 bridgehead atoms. The molecular formula is C26H27N5O2. The van der Waals surface area contributed by atoms with Crippen LogP contribution < -0.4 is 10.5 Å². The van der Waals surface area contributed by atoms with Gasteiger partial charge in [-0.1, -0.05) is 6.07 Å². The highest BCUT2D eigenvalue weighted by molar-refractivity contribution is 5.86. The van der Waals surface area contributed by atoms with Crippen molar-refractivity contribution >= 4 is 27.9 Å². The maximum absolute atomic E-state index is 11.1. The minimum Gasteiger partial charge on any atom is -0.410 e. The number of aromatic amines is 2. The van der Waals surface area contributed by atoms with Gasteiger partial charge in [0.15, 0.2) is 0 Å². The second kappa shape index (κ2) is 9.00. The van der Waals surface area contributed by atoms with Crippen molar-refractivity contribution in [2.45, 2.75) is 31.6 Å². The number of aryl methyl sites for hydroxylation is 1. The molecule has 0 atom stereocenters. The molecule has 1 saturated heterocycles. The van der Waals surface area contributed by atoms with E-state index in [0.717, 1.165) is 67.1 Å². The molecule has 0 radical (unpaired) electrons. The lowest BCUT2D eigenvalue weighted by Crippen LogP contribution is -2.33. The number of primary amides is 1. The molecule has 4 N–H and O–H groups in total. The fourth-order valence-electron chi connectivity index (χ4n) is 5.03. The highest BCUT2D eigenvalue weighted by Gasteiger charge is 2.23. The van der Waals surface area contributed by atoms with Crippen molar-refractivity contribution in [3.05, 3.63) is 65.5 Å². The molecule has 1 aliphatic rings. The highest BCUT2D eigenvalue weighted by Crippen LogP contribution is 2.34. The van der Waals surface area contributed by atoms with Crippen molar-refractivity contribution in [3.8, 4) is 11.8 Å². The number of carbonyl (C=O) groups excluding carboxylic acids is 1. The van der Waals surface area contributed by atoms with Gasteiger partial charge < -0.3 is 25.3 Å². The molecule has 168 valence electrons. The lowest BCUT2D eigenvalue weighted by Gasteiger charge is -2.32. The third-order valence-corrected chi connectivity index (χ3v) is 6.74. The molecular weight excluding hydrogens is 414 g/mol. The van der Waals surface area contributed by atoms with Gasteiger partial charge >= 0.3 is 6.09 Å². The lowest BCUT2D eigenvalue weighted by molar-refractivity contribution is 0.210. The minimum atomic E-state index is -0.793. The van der Waals surface area contributed by atoms with Crippen LogP contribution in [0.2, 0.25) is 0 Å². The Kier molecular flexibility index (Phi) is 5.76. The van der Waals surface area contributed by atoms with E-state index in [9.17, 15) is 10.1 Å². The summed E-state index contributed by atoms with van der Waals surface area (Å²) in [4.78, 5) is 20.1. The van der Waals surface area contributed by atoms with Crippen LogP contribution in [0.1, 0.15) is 41.9 Å². The van der Waals surface area contributed by atoms with Crippen molar-refractivity contribution in [3.63, 3.8) is 0 Å². The molecule has 0 spiro atoms. The largest absolute Gasteiger partial charge is 0.410 e. The second-order valence-electron chi connectivity index (χ2n) is 8.79. The average Bonchev–Trinajstić information content (AvgIpc) is 3.42. The fourth-order valence-corrected chi connectivity index (χ4v) is 5.03. The molecule has 1 fully saturated rings. The van der Waals surface area contributed by atoms with Crippen molar-refractivity contribution in [1.29, 1.82) is 5.26 Å². The smallest absolute Gasteiger partial charge is 0.409 e. The van der Waals surface area contributed by atoms with Gasteiger partial charge in [-0.15, -0.1) is 0 Å². The molecule has 3 heterocycles. The van der Waals surface area contributed by atoms with E-state index in [1.165, 1.54) is 11.1 Å². The van der Waals surface area contributed by atoms with Crippen LogP contribution in [0, 0.1) is 11.3 Å². The Morgan fingerprint density at radius 2 is 1.85 bits per heavy atom. The zero-order valence-electron chi connectivity index (χ0n) is 18.4. The number of nitrogens with one attached hydrogen (secondary N) is 2. The molecule has 1 aliphatic heterocycles. The number of fused-ring (bicyclic) bond motifs is 2. The predicted octanol–water partition coefficient (Wildman–Crippen LogP) is 4.79. The standard InChI is InChI=1S/C26H27N5O2/c27-14-19-15-29-24-5-3-17(12-21(19)24)2-1-9-31-10-7-18(8-11-31)23-16-30-25-6-4-20(13-22(23)25)33-26(28)32/h3-6,12-13,15-16,18,29-30H,1-2,7-11H2,(H2,28,32). The summed E-state index contributed by atoms with van der Waals surface area (Å²) in [7, 11) is 0. The van der Waals surface area contributed by atoms with E-state index in [0.29, 0.717) is 17.2 Å². The molecule has 2 aromatic carbocycles. The number of hydrogen-bond donors (Lipinski definition) is 3. The number of piperidine rings is 1. The van der Waals surface area contributed by atoms with Gasteiger partial charge in [0.25, 0.3) is 0 Å². The summed E-state index contributed by atoms with van der Waals surface area (Å²) >= 11 is 0. The number of carbonyl (C=O) groups is 1. The van der Waals surface area contributed by atoms with E-state index >= 15 is 0 Å². The van der Waals surface area contributed by atoms with Crippen LogP contribution in [0.5, 0.6) is 5.75 Å². The van der Waals surface area contributed by atoms with E-state index in [-0.39, 0.29) is 0 Å². The van der Waals surface area contributed by atoms with Gasteiger partial charge in [-0.25, -0.2) is 4.79 Å². The van der Waals surface area contributed by atoms with Gasteiger partial charge in [-0.3, -0.25) is 0 Å². The Morgan fingerprint density at radius 3 is 2.64 bits per heavy atom. The lowest BCUT2D eigenvalue weighted by atomic mass is 9.89. The molecule has 7 heteroatoms. The number of ether oxygens (including phenoxy) is 1. The molecule has 1 amide bonds. The maximum Gasteiger partial charge on any atom is 0.409 e. The number of nitriles is 1. The van der Waals surface area contributed by atoms with E-state index in [2.05, 4.69) is 45.3 Å². The van der Waals surface area contributed by atoms with Gasteiger partial charge in [-0.05, 0) is 92.7 Å². The molecule has 2 aromatic heterocycles. The van der Waals surface area contributed by atoms with E-state index in [4.69, 9.17) is 10.5 Å². The van der Waals surface area contributed by atoms with Crippen molar-refractivity contribution < 1.29 is 9.53 Å². The summed E-state index contributed by atoms with van der Waals surface area (Å²) in [6, 6.07) is 14.2. The number of nitrogens with two attached hydrogens (primary N) is 1. The first-order chi connectivity index (χ1) is 16.1. The summed E-state index contributed by atoms with van der Waals surface area (Å²) in [5.41, 5.74) is 10.5. The topological polar surface area (TPSA) is 111 Å². The van der Waals surface area contributed by atoms with Crippen LogP contribution in [0.4, 0.5) is 4.79 Å². The second-order valence-corrected chi connectivity index (χ2v) is 8.79. The quantitative estimate of drug-likeness (QED) is 0.399. The molecule has 5 rings (SSSR count). The maximum atomic E-state index is 11.1. The number of aromatic nitrogens is 2. The van der Waals surface area contributed by atoms with E-state index in [1.54, 1.807) is 12.3 Å². The van der Waals surface area contributed by atoms with Gasteiger partial charge in [-0.2, -0.15) is 5.26 Å². The predicted molar refractivity (Wildman–Crippen MR) is 128 cm³/mol. The number of benzene rings is 2. The van der Waals surface area contributed by atoms with Gasteiger partial charge in [0.1, 0.15) is 11.8 Å². The Balaban J connectivity index is 1.16. The third kappa shape index (κ3) is 4.43. The average molecular weight is 442 g/mol. The SMILES string of the molecule is N#Cc1c[nH]c2ccc(CCCN3CCC(c4c[nH]c5ccc(OC(N)=O)cc45)CC3)cc12. The summed E-state index contributed by atoms with van der Waals surface area (Å²) in [6.07, 6.45) is 7.39. The molecule has 0 aliphatic carbocycles. The zero-order chi connectivity index (χ0) is 22.8. The van der Waals surface area contributed by atoms with Crippen LogP contribution in [-0.4, -0.2) is 40.6 Å². The summed E-state index contributed by atoms with van der Waals surface area (Å²) in [6.45, 7) is 3.22. The third-order valence-electron chi connectivity index (χ3n) is 6.74. The number of H-pyrrole nitrogens is 2. The summed E-state index contributed by atoms with van der Waals surface area (Å²) in [5.74, 6) is 0.965. The molecule has 0 unspecified atom stereocenters. The minimum absolute atomic E-state index is 0.480. The Morgan fingerprint density at radius 1 is 1.09 bits per heavy atom. The van der Waals surface area contributed by atoms with Crippen LogP contribution in [-0.2, 0) is 6.42 Å². The first-order valence-electron chi connectivity index (χ1n) is 11.4. The molecule has 33 heavy (non-hydrogen) atoms. The first kappa shape index (κ1) is 21.1. The van der Waals surface area contributed by atoms with Crippen molar-refractivity contribution in [2.75, 3.05) is 19.6 Å². The molecule has 0 saturated carbocycles. The van der Waals surface area contributed by atoms with Crippen LogP contribution in [0.15, 0.2) is 48.8 Å². The number of rotatable bonds is 6. The van der Waals surface area contributed by atoms with Crippen molar-refractivity contribution in [2.24, 2.45) is 5.73 Å². The Hall–Kier alpha value is -3.76. The summed E-state index contributed by atoms with van der Waals surface area (Å²) in [5, 5.41) is 11.4. The fraction of sp³-hybridized carbons (Fsp3) is 0.308. The first-order valence-corrected chi connectivity index (χ1v) is 11.4. The van der Waals surface area contributed by atoms with E-state index in [1.807, 2.05) is 12.1 Å². The molecule has 4 aromatic rings. The number of likely N-dealkylation sites (tertiary alicyclic amines) is 1. The van der Waals surface area contributed by atoms with Crippen LogP contribution in [0.25, 0.3) is 21.8 Å². The monoisotopic (exact) mass is 441 g/mol. The highest BCUT2D eigenvalue weighted by atomic mass is 16.5. The number of nitrogens with zero attached hydrogens (tertiary/aromatic N) is 2. The normalized spacial score (nSPS) is 15.1. The summed E-state index contributed by atoms with van der Waals surface area (Å²) < 4.78 is 5.06. The Bertz CT molecular complexity index is 1340. The van der Waals surface area contributed by atoms with E-state index < -0.39 is 6.09 Å². The number of amides is 1. The zero-order valence-corrected chi connectivity index (χ0v) is 18.4. The van der Waals surface area contributed by atoms with Gasteiger partial charge in [0, 0.05) is 34.2 Å². The van der Waals surface area contributed by atoms with Gasteiger partial charge in [0.05, 0.1) is 5.56 Å². The number of hydrogen-bond acceptors (Lipinski definition) is 4. The van der Waals surface area contributed by atoms with Gasteiger partial charge in [0.2, 0.25) is 0 Å². The Labute approximate surface area is 192 Å². The van der Waals surface area contributed by atoms with Crippen molar-refractivity contribution in [1.82, 2.24) is 14.9 Å². The van der Waals surface area contributed by atoms with Crippen LogP contribution in [0.3, 0.4) is 0 Å². The van der Waals surface area contributed by atoms with Crippen LogP contribution >= 0.6 is 0 Å².